The number of aryl methyl sites for hydroxylation is 3. The van der Waals surface area contributed by atoms with E-state index < -0.39 is 12.1 Å². The number of hydrogen-bond acceptors (Lipinski definition) is 1. The summed E-state index contributed by atoms with van der Waals surface area (Å²) >= 11 is 0. The molecule has 24 heavy (non-hydrogen) atoms. The van der Waals surface area contributed by atoms with Crippen molar-refractivity contribution in [1.82, 2.24) is 0 Å². The van der Waals surface area contributed by atoms with Gasteiger partial charge >= 0.3 is 57.6 Å². The molecule has 0 bridgehead atoms. The van der Waals surface area contributed by atoms with E-state index in [4.69, 9.17) is 0 Å². The van der Waals surface area contributed by atoms with Crippen LogP contribution in [-0.4, -0.2) is 6.18 Å². The number of benzene rings is 2. The molecule has 0 aliphatic rings. The van der Waals surface area contributed by atoms with E-state index in [0.29, 0.717) is 11.1 Å². The average molecular weight is 358 g/mol. The van der Waals surface area contributed by atoms with Gasteiger partial charge in [0, 0.05) is 0 Å². The number of hydrogen-bond donors (Lipinski definition) is 0. The Hall–Kier alpha value is -0.594. The van der Waals surface area contributed by atoms with Crippen molar-refractivity contribution in [2.45, 2.75) is 32.9 Å². The molecular weight excluding hydrogens is 340 g/mol. The van der Waals surface area contributed by atoms with Crippen molar-refractivity contribution in [3.05, 3.63) is 70.3 Å². The summed E-state index contributed by atoms with van der Waals surface area (Å²) < 4.78 is 40.2. The molecule has 1 unspecified atom stereocenters. The van der Waals surface area contributed by atoms with Crippen LogP contribution in [0.5, 0.6) is 5.75 Å². The summed E-state index contributed by atoms with van der Waals surface area (Å²) in [6.45, 7) is 5.21. The molecule has 0 N–H and O–H groups in total. The van der Waals surface area contributed by atoms with Crippen LogP contribution in [0, 0.1) is 20.8 Å². The molecule has 0 radical (unpaired) electrons. The summed E-state index contributed by atoms with van der Waals surface area (Å²) in [5.74, 6) is -1.79. The molecule has 2 aromatic rings. The van der Waals surface area contributed by atoms with Gasteiger partial charge in [-0.2, -0.15) is 13.2 Å². The standard InChI is InChI=1S/C19H19F3O.K/c1-12-8-13(2)10-16(9-12)17(19(20,21)22)6-4-15-5-7-18(23)14(3)11-15;/h4-11,17,23H,1-3H3;/q;+1/p-1/b6-4+;. The van der Waals surface area contributed by atoms with Crippen LogP contribution in [0.15, 0.2) is 42.5 Å². The zero-order valence-electron chi connectivity index (χ0n) is 14.2. The maximum atomic E-state index is 13.4. The molecule has 0 aromatic heterocycles. The van der Waals surface area contributed by atoms with Gasteiger partial charge in [0.15, 0.2) is 0 Å². The number of alkyl halides is 3. The molecule has 0 aliphatic heterocycles. The molecule has 2 aromatic carbocycles. The van der Waals surface area contributed by atoms with Crippen molar-refractivity contribution in [2.75, 3.05) is 0 Å². The minimum absolute atomic E-state index is 0. The molecule has 122 valence electrons. The normalized spacial score (nSPS) is 12.9. The van der Waals surface area contributed by atoms with Crippen LogP contribution < -0.4 is 56.5 Å². The Morgan fingerprint density at radius 2 is 1.54 bits per heavy atom. The van der Waals surface area contributed by atoms with E-state index >= 15 is 0 Å². The molecule has 5 heteroatoms. The Morgan fingerprint density at radius 1 is 0.958 bits per heavy atom. The summed E-state index contributed by atoms with van der Waals surface area (Å²) in [6, 6.07) is 9.45. The summed E-state index contributed by atoms with van der Waals surface area (Å²) in [4.78, 5) is 0. The Kier molecular flexibility index (Phi) is 7.75. The predicted octanol–water partition coefficient (Wildman–Crippen LogP) is 2.05. The topological polar surface area (TPSA) is 23.1 Å². The smallest absolute Gasteiger partial charge is 0.872 e. The van der Waals surface area contributed by atoms with Crippen molar-refractivity contribution < 1.29 is 69.7 Å². The minimum Gasteiger partial charge on any atom is -0.872 e. The first-order chi connectivity index (χ1) is 10.7. The molecule has 0 fully saturated rings. The third kappa shape index (κ3) is 5.74. The molecule has 0 aliphatic carbocycles. The van der Waals surface area contributed by atoms with E-state index in [9.17, 15) is 18.3 Å². The number of allylic oxidation sites excluding steroid dienone is 1. The Labute approximate surface area is 183 Å². The Balaban J connectivity index is 0.00000288. The molecule has 2 rings (SSSR count). The second-order valence-electron chi connectivity index (χ2n) is 5.82. The van der Waals surface area contributed by atoms with E-state index in [-0.39, 0.29) is 62.7 Å². The van der Waals surface area contributed by atoms with E-state index in [1.54, 1.807) is 39.0 Å². The van der Waals surface area contributed by atoms with Crippen LogP contribution in [0.25, 0.3) is 6.08 Å². The summed E-state index contributed by atoms with van der Waals surface area (Å²) in [5, 5.41) is 11.4. The van der Waals surface area contributed by atoms with Crippen molar-refractivity contribution >= 4 is 6.08 Å². The van der Waals surface area contributed by atoms with Crippen LogP contribution in [0.4, 0.5) is 13.2 Å². The van der Waals surface area contributed by atoms with Crippen LogP contribution in [0.3, 0.4) is 0 Å². The second kappa shape index (κ2) is 8.67. The van der Waals surface area contributed by atoms with Gasteiger partial charge in [0.1, 0.15) is 0 Å². The van der Waals surface area contributed by atoms with E-state index in [2.05, 4.69) is 0 Å². The maximum absolute atomic E-state index is 13.4. The van der Waals surface area contributed by atoms with Gasteiger partial charge < -0.3 is 5.11 Å². The van der Waals surface area contributed by atoms with Crippen molar-refractivity contribution in [2.24, 2.45) is 0 Å². The van der Waals surface area contributed by atoms with Gasteiger partial charge in [-0.3, -0.25) is 0 Å². The van der Waals surface area contributed by atoms with Crippen LogP contribution in [0.1, 0.15) is 33.7 Å². The van der Waals surface area contributed by atoms with Crippen molar-refractivity contribution in [1.29, 1.82) is 0 Å². The largest absolute Gasteiger partial charge is 1.00 e. The molecular formula is C19H18F3KO. The fourth-order valence-electron chi connectivity index (χ4n) is 2.58. The van der Waals surface area contributed by atoms with E-state index in [1.165, 1.54) is 18.2 Å². The zero-order valence-corrected chi connectivity index (χ0v) is 17.4. The first kappa shape index (κ1) is 21.4. The van der Waals surface area contributed by atoms with Crippen LogP contribution in [-0.2, 0) is 0 Å². The Bertz CT molecular complexity index is 716. The third-order valence-electron chi connectivity index (χ3n) is 3.64. The van der Waals surface area contributed by atoms with Crippen molar-refractivity contribution in [3.63, 3.8) is 0 Å². The summed E-state index contributed by atoms with van der Waals surface area (Å²) in [5.41, 5.74) is 2.93. The van der Waals surface area contributed by atoms with Crippen LogP contribution >= 0.6 is 0 Å². The molecule has 1 nitrogen and oxygen atoms in total. The zero-order chi connectivity index (χ0) is 17.2. The molecule has 0 spiro atoms. The minimum atomic E-state index is -4.37. The molecule has 0 amide bonds. The first-order valence-electron chi connectivity index (χ1n) is 7.27. The second-order valence-corrected chi connectivity index (χ2v) is 5.82. The fraction of sp³-hybridized carbons (Fsp3) is 0.263. The predicted molar refractivity (Wildman–Crippen MR) is 84.4 cm³/mol. The fourth-order valence-corrected chi connectivity index (χ4v) is 2.58. The SMILES string of the molecule is Cc1cc(C)cc(C(/C=C/c2ccc([O-])c(C)c2)C(F)(F)F)c1.[K+]. The molecule has 0 saturated carbocycles. The van der Waals surface area contributed by atoms with Gasteiger partial charge in [-0.15, -0.1) is 5.75 Å². The monoisotopic (exact) mass is 358 g/mol. The molecule has 0 heterocycles. The van der Waals surface area contributed by atoms with Crippen LogP contribution in [0.2, 0.25) is 0 Å². The third-order valence-corrected chi connectivity index (χ3v) is 3.64. The van der Waals surface area contributed by atoms with Gasteiger partial charge in [-0.05, 0) is 31.9 Å². The van der Waals surface area contributed by atoms with Gasteiger partial charge in [0.2, 0.25) is 0 Å². The maximum Gasteiger partial charge on any atom is 1.00 e. The van der Waals surface area contributed by atoms with Gasteiger partial charge in [0.05, 0.1) is 5.92 Å². The molecule has 1 atom stereocenters. The first-order valence-corrected chi connectivity index (χ1v) is 7.27. The van der Waals surface area contributed by atoms with Crippen molar-refractivity contribution in [3.8, 4) is 5.75 Å². The average Bonchev–Trinajstić information content (AvgIpc) is 2.40. The van der Waals surface area contributed by atoms with Gasteiger partial charge in [-0.1, -0.05) is 65.2 Å². The van der Waals surface area contributed by atoms with E-state index in [0.717, 1.165) is 17.2 Å². The van der Waals surface area contributed by atoms with Gasteiger partial charge in [0.25, 0.3) is 0 Å². The van der Waals surface area contributed by atoms with E-state index in [1.807, 2.05) is 6.07 Å². The summed E-state index contributed by atoms with van der Waals surface area (Å²) in [6.07, 6.45) is -1.81. The molecule has 0 saturated heterocycles. The number of rotatable bonds is 3. The summed E-state index contributed by atoms with van der Waals surface area (Å²) in [7, 11) is 0. The quantitative estimate of drug-likeness (QED) is 0.770. The number of halogens is 3. The Morgan fingerprint density at radius 3 is 2.04 bits per heavy atom. The van der Waals surface area contributed by atoms with Gasteiger partial charge in [-0.25, -0.2) is 0 Å².